The zero-order valence-electron chi connectivity index (χ0n) is 21.4. The normalized spacial score (nSPS) is 13.1. The van der Waals surface area contributed by atoms with E-state index in [0.29, 0.717) is 0 Å². The monoisotopic (exact) mass is 484 g/mol. The highest BCUT2D eigenvalue weighted by atomic mass is 14.5. The molecule has 0 saturated carbocycles. The number of aryl methyl sites for hydroxylation is 1. The maximum Gasteiger partial charge on any atom is 0.0713 e. The van der Waals surface area contributed by atoms with Crippen molar-refractivity contribution in [2.45, 2.75) is 12.3 Å². The van der Waals surface area contributed by atoms with E-state index < -0.39 is 0 Å². The summed E-state index contributed by atoms with van der Waals surface area (Å²) in [6, 6.07) is 55.6. The third-order valence-electron chi connectivity index (χ3n) is 8.03. The zero-order chi connectivity index (χ0) is 25.5. The Kier molecular flexibility index (Phi) is 5.34. The summed E-state index contributed by atoms with van der Waals surface area (Å²) in [4.78, 5) is 0. The van der Waals surface area contributed by atoms with Crippen LogP contribution in [0.2, 0.25) is 0 Å². The van der Waals surface area contributed by atoms with Crippen LogP contribution < -0.4 is 0 Å². The molecule has 6 aromatic rings. The first kappa shape index (κ1) is 22.5. The molecular formula is C38H28. The molecule has 7 rings (SSSR count). The van der Waals surface area contributed by atoms with E-state index in [1.807, 2.05) is 0 Å². The Balaban J connectivity index is 1.47. The quantitative estimate of drug-likeness (QED) is 0.233. The Bertz CT molecular complexity index is 1690. The Morgan fingerprint density at radius 2 is 0.789 bits per heavy atom. The summed E-state index contributed by atoms with van der Waals surface area (Å²) < 4.78 is 0. The largest absolute Gasteiger partial charge is 0.0713 e. The molecule has 0 amide bonds. The predicted molar refractivity (Wildman–Crippen MR) is 159 cm³/mol. The second-order valence-electron chi connectivity index (χ2n) is 10.2. The first-order chi connectivity index (χ1) is 18.7. The molecular weight excluding hydrogens is 456 g/mol. The lowest BCUT2D eigenvalue weighted by Crippen LogP contribution is -2.28. The Hall–Kier alpha value is -4.68. The number of fused-ring (bicyclic) bond motifs is 3. The average molecular weight is 485 g/mol. The van der Waals surface area contributed by atoms with Gasteiger partial charge >= 0.3 is 0 Å². The summed E-state index contributed by atoms with van der Waals surface area (Å²) in [5, 5.41) is 0. The van der Waals surface area contributed by atoms with Crippen molar-refractivity contribution >= 4 is 0 Å². The van der Waals surface area contributed by atoms with Gasteiger partial charge in [0.2, 0.25) is 0 Å². The Morgan fingerprint density at radius 1 is 0.368 bits per heavy atom. The SMILES string of the molecule is Cc1ccc2c(c1)C(c1ccccc1)(c1ccccc1)c1cc(-c3ccc(-c4ccccc4)cc3)ccc1-2. The van der Waals surface area contributed by atoms with Crippen LogP contribution in [0.3, 0.4) is 0 Å². The highest BCUT2D eigenvalue weighted by molar-refractivity contribution is 5.88. The van der Waals surface area contributed by atoms with Crippen LogP contribution in [0.25, 0.3) is 33.4 Å². The molecule has 0 aromatic heterocycles. The first-order valence-corrected chi connectivity index (χ1v) is 13.3. The van der Waals surface area contributed by atoms with Gasteiger partial charge in [0.15, 0.2) is 0 Å². The van der Waals surface area contributed by atoms with Gasteiger partial charge in [0.1, 0.15) is 0 Å². The summed E-state index contributed by atoms with van der Waals surface area (Å²) in [5.41, 5.74) is 13.8. The van der Waals surface area contributed by atoms with E-state index >= 15 is 0 Å². The van der Waals surface area contributed by atoms with E-state index in [4.69, 9.17) is 0 Å². The van der Waals surface area contributed by atoms with Crippen LogP contribution in [-0.4, -0.2) is 0 Å². The lowest BCUT2D eigenvalue weighted by molar-refractivity contribution is 0.768. The van der Waals surface area contributed by atoms with Gasteiger partial charge in [0.25, 0.3) is 0 Å². The van der Waals surface area contributed by atoms with E-state index in [-0.39, 0.29) is 5.41 Å². The minimum absolute atomic E-state index is 0.376. The van der Waals surface area contributed by atoms with Gasteiger partial charge in [-0.1, -0.05) is 151 Å². The molecule has 38 heavy (non-hydrogen) atoms. The van der Waals surface area contributed by atoms with Gasteiger partial charge in [0.05, 0.1) is 5.41 Å². The van der Waals surface area contributed by atoms with Gasteiger partial charge in [0, 0.05) is 0 Å². The molecule has 0 fully saturated rings. The van der Waals surface area contributed by atoms with E-state index in [9.17, 15) is 0 Å². The van der Waals surface area contributed by atoms with Crippen LogP contribution in [-0.2, 0) is 5.41 Å². The number of rotatable bonds is 4. The molecule has 0 bridgehead atoms. The van der Waals surface area contributed by atoms with Crippen molar-refractivity contribution in [1.29, 1.82) is 0 Å². The second-order valence-corrected chi connectivity index (χ2v) is 10.2. The van der Waals surface area contributed by atoms with Crippen molar-refractivity contribution < 1.29 is 0 Å². The molecule has 0 nitrogen and oxygen atoms in total. The molecule has 0 aliphatic heterocycles. The Labute approximate surface area is 224 Å². The van der Waals surface area contributed by atoms with Crippen molar-refractivity contribution in [3.63, 3.8) is 0 Å². The molecule has 180 valence electrons. The highest BCUT2D eigenvalue weighted by Gasteiger charge is 2.46. The molecule has 0 unspecified atom stereocenters. The van der Waals surface area contributed by atoms with Gasteiger partial charge in [-0.05, 0) is 68.6 Å². The second kappa shape index (κ2) is 9.01. The van der Waals surface area contributed by atoms with Crippen molar-refractivity contribution in [1.82, 2.24) is 0 Å². The summed E-state index contributed by atoms with van der Waals surface area (Å²) >= 11 is 0. The standard InChI is InChI=1S/C38H28/c1-27-17-23-34-35-24-22-31(30-20-18-29(19-21-30)28-11-5-2-6-12-28)26-37(35)38(36(34)25-27,32-13-7-3-8-14-32)33-15-9-4-10-16-33/h2-26H,1H3. The molecule has 0 heteroatoms. The molecule has 0 heterocycles. The van der Waals surface area contributed by atoms with Crippen LogP contribution in [0.15, 0.2) is 152 Å². The highest BCUT2D eigenvalue weighted by Crippen LogP contribution is 2.56. The van der Waals surface area contributed by atoms with Crippen LogP contribution in [0.4, 0.5) is 0 Å². The van der Waals surface area contributed by atoms with Gasteiger partial charge in [-0.25, -0.2) is 0 Å². The first-order valence-electron chi connectivity index (χ1n) is 13.3. The summed E-state index contributed by atoms with van der Waals surface area (Å²) in [7, 11) is 0. The van der Waals surface area contributed by atoms with Crippen LogP contribution in [0, 0.1) is 6.92 Å². The van der Waals surface area contributed by atoms with Gasteiger partial charge in [-0.3, -0.25) is 0 Å². The third kappa shape index (κ3) is 3.45. The maximum atomic E-state index is 2.43. The third-order valence-corrected chi connectivity index (χ3v) is 8.03. The number of hydrogen-bond acceptors (Lipinski definition) is 0. The van der Waals surface area contributed by atoms with E-state index in [1.54, 1.807) is 0 Å². The number of hydrogen-bond donors (Lipinski definition) is 0. The van der Waals surface area contributed by atoms with Crippen molar-refractivity contribution in [2.75, 3.05) is 0 Å². The zero-order valence-corrected chi connectivity index (χ0v) is 21.4. The van der Waals surface area contributed by atoms with Gasteiger partial charge in [-0.2, -0.15) is 0 Å². The Morgan fingerprint density at radius 3 is 1.37 bits per heavy atom. The molecule has 0 atom stereocenters. The van der Waals surface area contributed by atoms with E-state index in [2.05, 4.69) is 159 Å². The number of benzene rings is 6. The van der Waals surface area contributed by atoms with E-state index in [1.165, 1.54) is 61.2 Å². The summed E-state index contributed by atoms with van der Waals surface area (Å²) in [6.45, 7) is 2.20. The fourth-order valence-corrected chi connectivity index (χ4v) is 6.27. The van der Waals surface area contributed by atoms with Crippen molar-refractivity contribution in [3.05, 3.63) is 179 Å². The minimum Gasteiger partial charge on any atom is -0.0622 e. The molecule has 1 aliphatic carbocycles. The van der Waals surface area contributed by atoms with Crippen LogP contribution in [0.5, 0.6) is 0 Å². The van der Waals surface area contributed by atoms with Gasteiger partial charge in [-0.15, -0.1) is 0 Å². The van der Waals surface area contributed by atoms with Crippen molar-refractivity contribution in [2.24, 2.45) is 0 Å². The molecule has 0 saturated heterocycles. The summed E-state index contributed by atoms with van der Waals surface area (Å²) in [6.07, 6.45) is 0. The van der Waals surface area contributed by atoms with Crippen LogP contribution in [0.1, 0.15) is 27.8 Å². The molecule has 0 N–H and O–H groups in total. The smallest absolute Gasteiger partial charge is 0.0622 e. The van der Waals surface area contributed by atoms with Crippen LogP contribution >= 0.6 is 0 Å². The molecule has 0 spiro atoms. The predicted octanol–water partition coefficient (Wildman–Crippen LogP) is 9.69. The van der Waals surface area contributed by atoms with Crippen molar-refractivity contribution in [3.8, 4) is 33.4 Å². The fraction of sp³-hybridized carbons (Fsp3) is 0.0526. The summed E-state index contributed by atoms with van der Waals surface area (Å²) in [5.74, 6) is 0. The van der Waals surface area contributed by atoms with Gasteiger partial charge < -0.3 is 0 Å². The average Bonchev–Trinajstić information content (AvgIpc) is 3.28. The topological polar surface area (TPSA) is 0 Å². The molecule has 1 aliphatic rings. The lowest BCUT2D eigenvalue weighted by Gasteiger charge is -2.34. The lowest BCUT2D eigenvalue weighted by atomic mass is 9.67. The maximum absolute atomic E-state index is 2.43. The molecule has 6 aromatic carbocycles. The van der Waals surface area contributed by atoms with E-state index in [0.717, 1.165) is 0 Å². The molecule has 0 radical (unpaired) electrons. The fourth-order valence-electron chi connectivity index (χ4n) is 6.27. The minimum atomic E-state index is -0.376.